The number of fused-ring (bicyclic) bond motifs is 1. The van der Waals surface area contributed by atoms with Crippen LogP contribution >= 0.6 is 23.8 Å². The Morgan fingerprint density at radius 2 is 1.81 bits per heavy atom. The van der Waals surface area contributed by atoms with E-state index in [-0.39, 0.29) is 5.11 Å². The molecule has 1 aromatic heterocycles. The highest BCUT2D eigenvalue weighted by Crippen LogP contribution is 2.32. The van der Waals surface area contributed by atoms with E-state index < -0.39 is 5.91 Å². The van der Waals surface area contributed by atoms with Crippen LogP contribution < -0.4 is 20.1 Å². The Morgan fingerprint density at radius 1 is 1.03 bits per heavy atom. The second-order valence-corrected chi connectivity index (χ2v) is 7.47. The summed E-state index contributed by atoms with van der Waals surface area (Å²) >= 11 is 11.7. The number of hydrogen-bond acceptors (Lipinski definition) is 6. The first-order chi connectivity index (χ1) is 15.5. The number of carbonyl (C=O) groups excluding carboxylic acids is 1. The SMILES string of the molecule is COc1ccc(C(=O)NC(=S)Nc2ccc(Cl)c(-c3nc4ccccc4o3)c2)cc1OC. The topological polar surface area (TPSA) is 85.6 Å². The van der Waals surface area contributed by atoms with Gasteiger partial charge in [-0.3, -0.25) is 10.1 Å². The van der Waals surface area contributed by atoms with Crippen molar-refractivity contribution in [3.63, 3.8) is 0 Å². The third-order valence-corrected chi connectivity index (χ3v) is 5.16. The average molecular weight is 468 g/mol. The summed E-state index contributed by atoms with van der Waals surface area (Å²) in [6, 6.07) is 17.5. The Kier molecular flexibility index (Phi) is 6.25. The summed E-state index contributed by atoms with van der Waals surface area (Å²) in [4.78, 5) is 17.1. The maximum absolute atomic E-state index is 12.6. The van der Waals surface area contributed by atoms with Crippen molar-refractivity contribution >= 4 is 51.6 Å². The fourth-order valence-electron chi connectivity index (χ4n) is 3.07. The van der Waals surface area contributed by atoms with Gasteiger partial charge in [0, 0.05) is 11.3 Å². The molecule has 0 saturated heterocycles. The van der Waals surface area contributed by atoms with Gasteiger partial charge in [0.15, 0.2) is 22.2 Å². The van der Waals surface area contributed by atoms with Crippen LogP contribution in [0.25, 0.3) is 22.6 Å². The van der Waals surface area contributed by atoms with Crippen LogP contribution in [-0.4, -0.2) is 30.2 Å². The number of rotatable bonds is 5. The van der Waals surface area contributed by atoms with E-state index >= 15 is 0 Å². The summed E-state index contributed by atoms with van der Waals surface area (Å²) in [5.74, 6) is 0.967. The van der Waals surface area contributed by atoms with E-state index in [1.54, 1.807) is 36.4 Å². The molecule has 7 nitrogen and oxygen atoms in total. The summed E-state index contributed by atoms with van der Waals surface area (Å²) in [6.45, 7) is 0. The first-order valence-corrected chi connectivity index (χ1v) is 10.3. The summed E-state index contributed by atoms with van der Waals surface area (Å²) in [6.07, 6.45) is 0. The van der Waals surface area contributed by atoms with Crippen molar-refractivity contribution in [1.82, 2.24) is 10.3 Å². The number of para-hydroxylation sites is 2. The second kappa shape index (κ2) is 9.25. The fourth-order valence-corrected chi connectivity index (χ4v) is 3.48. The minimum absolute atomic E-state index is 0.121. The highest BCUT2D eigenvalue weighted by Gasteiger charge is 2.15. The average Bonchev–Trinajstić information content (AvgIpc) is 3.23. The lowest BCUT2D eigenvalue weighted by Crippen LogP contribution is -2.34. The smallest absolute Gasteiger partial charge is 0.257 e. The third-order valence-electron chi connectivity index (χ3n) is 4.62. The molecule has 1 heterocycles. The summed E-state index contributed by atoms with van der Waals surface area (Å²) in [7, 11) is 3.03. The predicted octanol–water partition coefficient (Wildman–Crippen LogP) is 5.29. The van der Waals surface area contributed by atoms with Gasteiger partial charge >= 0.3 is 0 Å². The molecule has 0 aliphatic carbocycles. The number of benzene rings is 3. The van der Waals surface area contributed by atoms with Crippen molar-refractivity contribution in [1.29, 1.82) is 0 Å². The maximum Gasteiger partial charge on any atom is 0.257 e. The molecule has 162 valence electrons. The number of aromatic nitrogens is 1. The number of nitrogens with zero attached hydrogens (tertiary/aromatic N) is 1. The Balaban J connectivity index is 1.50. The van der Waals surface area contributed by atoms with Gasteiger partial charge in [-0.15, -0.1) is 0 Å². The lowest BCUT2D eigenvalue weighted by atomic mass is 10.2. The van der Waals surface area contributed by atoms with Gasteiger partial charge in [-0.1, -0.05) is 23.7 Å². The molecule has 1 amide bonds. The number of carbonyl (C=O) groups is 1. The number of anilines is 1. The second-order valence-electron chi connectivity index (χ2n) is 6.66. The Morgan fingerprint density at radius 3 is 2.56 bits per heavy atom. The van der Waals surface area contributed by atoms with Crippen LogP contribution in [0.1, 0.15) is 10.4 Å². The number of amides is 1. The lowest BCUT2D eigenvalue weighted by Gasteiger charge is -2.12. The lowest BCUT2D eigenvalue weighted by molar-refractivity contribution is 0.0977. The van der Waals surface area contributed by atoms with Crippen LogP contribution in [0.4, 0.5) is 5.69 Å². The summed E-state index contributed by atoms with van der Waals surface area (Å²) < 4.78 is 16.2. The molecule has 4 aromatic rings. The van der Waals surface area contributed by atoms with Gasteiger partial charge in [0.25, 0.3) is 5.91 Å². The number of ether oxygens (including phenoxy) is 2. The predicted molar refractivity (Wildman–Crippen MR) is 128 cm³/mol. The van der Waals surface area contributed by atoms with E-state index in [4.69, 9.17) is 37.7 Å². The van der Waals surface area contributed by atoms with Crippen LogP contribution in [0.3, 0.4) is 0 Å². The minimum Gasteiger partial charge on any atom is -0.493 e. The van der Waals surface area contributed by atoms with Crippen LogP contribution in [0.5, 0.6) is 11.5 Å². The molecule has 4 rings (SSSR count). The zero-order valence-corrected chi connectivity index (χ0v) is 18.7. The molecule has 0 spiro atoms. The maximum atomic E-state index is 12.6. The quantitative estimate of drug-likeness (QED) is 0.385. The van der Waals surface area contributed by atoms with Gasteiger partial charge in [0.2, 0.25) is 5.89 Å². The molecule has 0 fully saturated rings. The van der Waals surface area contributed by atoms with Crippen molar-refractivity contribution in [3.05, 3.63) is 71.2 Å². The van der Waals surface area contributed by atoms with Crippen molar-refractivity contribution < 1.29 is 18.7 Å². The first-order valence-electron chi connectivity index (χ1n) is 9.48. The molecule has 0 unspecified atom stereocenters. The van der Waals surface area contributed by atoms with E-state index in [9.17, 15) is 4.79 Å². The third kappa shape index (κ3) is 4.51. The van der Waals surface area contributed by atoms with Gasteiger partial charge in [-0.25, -0.2) is 4.98 Å². The largest absolute Gasteiger partial charge is 0.493 e. The number of oxazole rings is 1. The molecule has 0 saturated carbocycles. The normalized spacial score (nSPS) is 10.6. The molecule has 0 radical (unpaired) electrons. The van der Waals surface area contributed by atoms with E-state index in [2.05, 4.69) is 15.6 Å². The standard InChI is InChI=1S/C23H18ClN3O4S/c1-29-19-10-7-13(11-20(19)30-2)21(28)27-23(32)25-14-8-9-16(24)15(12-14)22-26-17-5-3-4-6-18(17)31-22/h3-12H,1-2H3,(H2,25,27,28,32). The van der Waals surface area contributed by atoms with E-state index in [0.29, 0.717) is 44.8 Å². The summed E-state index contributed by atoms with van der Waals surface area (Å²) in [5.41, 5.74) is 2.98. The molecule has 9 heteroatoms. The van der Waals surface area contributed by atoms with Gasteiger partial charge in [0.1, 0.15) is 5.52 Å². The van der Waals surface area contributed by atoms with Gasteiger partial charge in [-0.05, 0) is 60.7 Å². The van der Waals surface area contributed by atoms with Crippen molar-refractivity contribution in [2.24, 2.45) is 0 Å². The van der Waals surface area contributed by atoms with Crippen LogP contribution in [-0.2, 0) is 0 Å². The number of thiocarbonyl (C=S) groups is 1. The Labute approximate surface area is 194 Å². The Hall–Kier alpha value is -3.62. The first kappa shape index (κ1) is 21.6. The number of hydrogen-bond donors (Lipinski definition) is 2. The molecule has 3 aromatic carbocycles. The Bertz CT molecular complexity index is 1290. The molecule has 32 heavy (non-hydrogen) atoms. The zero-order valence-electron chi connectivity index (χ0n) is 17.1. The van der Waals surface area contributed by atoms with Gasteiger partial charge in [-0.2, -0.15) is 0 Å². The van der Waals surface area contributed by atoms with Gasteiger partial charge in [0.05, 0.1) is 24.8 Å². The van der Waals surface area contributed by atoms with E-state index in [0.717, 1.165) is 5.52 Å². The van der Waals surface area contributed by atoms with Crippen molar-refractivity contribution in [2.75, 3.05) is 19.5 Å². The van der Waals surface area contributed by atoms with E-state index in [1.807, 2.05) is 24.3 Å². The van der Waals surface area contributed by atoms with Gasteiger partial charge < -0.3 is 19.2 Å². The molecule has 2 N–H and O–H groups in total. The molecular weight excluding hydrogens is 450 g/mol. The number of methoxy groups -OCH3 is 2. The number of halogens is 1. The molecular formula is C23H18ClN3O4S. The molecule has 0 aliphatic heterocycles. The van der Waals surface area contributed by atoms with Crippen molar-refractivity contribution in [3.8, 4) is 23.0 Å². The minimum atomic E-state index is -0.392. The van der Waals surface area contributed by atoms with Crippen molar-refractivity contribution in [2.45, 2.75) is 0 Å². The molecule has 0 bridgehead atoms. The summed E-state index contributed by atoms with van der Waals surface area (Å²) in [5, 5.41) is 6.22. The van der Waals surface area contributed by atoms with Crippen LogP contribution in [0.2, 0.25) is 5.02 Å². The number of nitrogens with one attached hydrogen (secondary N) is 2. The molecule has 0 atom stereocenters. The molecule has 0 aliphatic rings. The zero-order chi connectivity index (χ0) is 22.7. The van der Waals surface area contributed by atoms with E-state index in [1.165, 1.54) is 14.2 Å². The highest BCUT2D eigenvalue weighted by molar-refractivity contribution is 7.80. The fraction of sp³-hybridized carbons (Fsp3) is 0.0870. The van der Waals surface area contributed by atoms with Crippen LogP contribution in [0, 0.1) is 0 Å². The monoisotopic (exact) mass is 467 g/mol. The van der Waals surface area contributed by atoms with Crippen LogP contribution in [0.15, 0.2) is 65.1 Å². The highest BCUT2D eigenvalue weighted by atomic mass is 35.5.